The van der Waals surface area contributed by atoms with Crippen LogP contribution in [-0.2, 0) is 10.3 Å². The highest BCUT2D eigenvalue weighted by Gasteiger charge is 2.58. The van der Waals surface area contributed by atoms with E-state index in [-0.39, 0.29) is 41.0 Å². The van der Waals surface area contributed by atoms with Gasteiger partial charge in [-0.2, -0.15) is 11.3 Å². The standard InChI is InChI=1S/C18H31N3O2S.HI/c1-7-19-15(20-12-17(4,22)13-8-9-24-11-13)21-14-10-18(5,23-6)16(14,2)3;/h8-9,11,14,22H,7,10,12H2,1-6H3,(H2,19,20,21);1H. The molecule has 7 heteroatoms. The summed E-state index contributed by atoms with van der Waals surface area (Å²) < 4.78 is 5.68. The number of thiophene rings is 1. The van der Waals surface area contributed by atoms with Crippen molar-refractivity contribution >= 4 is 41.3 Å². The number of nitrogens with one attached hydrogen (secondary N) is 2. The summed E-state index contributed by atoms with van der Waals surface area (Å²) in [7, 11) is 1.77. The lowest BCUT2D eigenvalue weighted by Gasteiger charge is -2.59. The van der Waals surface area contributed by atoms with Crippen molar-refractivity contribution in [3.05, 3.63) is 22.4 Å². The zero-order chi connectivity index (χ0) is 18.0. The third kappa shape index (κ3) is 4.67. The zero-order valence-electron chi connectivity index (χ0n) is 16.0. The largest absolute Gasteiger partial charge is 0.383 e. The Morgan fingerprint density at radius 2 is 2.16 bits per heavy atom. The summed E-state index contributed by atoms with van der Waals surface area (Å²) in [4.78, 5) is 4.61. The maximum Gasteiger partial charge on any atom is 0.191 e. The average molecular weight is 481 g/mol. The van der Waals surface area contributed by atoms with Crippen LogP contribution >= 0.6 is 35.3 Å². The van der Waals surface area contributed by atoms with Crippen molar-refractivity contribution in [1.82, 2.24) is 10.6 Å². The van der Waals surface area contributed by atoms with Crippen molar-refractivity contribution in [2.75, 3.05) is 20.2 Å². The molecule has 1 heterocycles. The molecule has 0 aromatic carbocycles. The van der Waals surface area contributed by atoms with Gasteiger partial charge in [0.15, 0.2) is 5.96 Å². The molecular formula is C18H32IN3O2S. The van der Waals surface area contributed by atoms with E-state index < -0.39 is 5.60 Å². The summed E-state index contributed by atoms with van der Waals surface area (Å²) in [6.07, 6.45) is 0.932. The molecule has 1 aromatic rings. The lowest BCUT2D eigenvalue weighted by molar-refractivity contribution is -0.176. The molecule has 25 heavy (non-hydrogen) atoms. The normalized spacial score (nSPS) is 27.6. The summed E-state index contributed by atoms with van der Waals surface area (Å²) >= 11 is 1.58. The quantitative estimate of drug-likeness (QED) is 0.331. The minimum atomic E-state index is -0.960. The molecule has 0 bridgehead atoms. The van der Waals surface area contributed by atoms with Crippen LogP contribution in [0.3, 0.4) is 0 Å². The van der Waals surface area contributed by atoms with Crippen LogP contribution in [0.5, 0.6) is 0 Å². The predicted octanol–water partition coefficient (Wildman–Crippen LogP) is 3.33. The van der Waals surface area contributed by atoms with E-state index in [0.717, 1.165) is 24.5 Å². The maximum atomic E-state index is 10.6. The molecule has 3 N–H and O–H groups in total. The minimum Gasteiger partial charge on any atom is -0.383 e. The molecule has 0 amide bonds. The van der Waals surface area contributed by atoms with Gasteiger partial charge in [-0.25, -0.2) is 4.99 Å². The van der Waals surface area contributed by atoms with Gasteiger partial charge in [0.25, 0.3) is 0 Å². The number of ether oxygens (including phenoxy) is 1. The predicted molar refractivity (Wildman–Crippen MR) is 116 cm³/mol. The van der Waals surface area contributed by atoms with E-state index in [2.05, 4.69) is 36.4 Å². The topological polar surface area (TPSA) is 65.9 Å². The Morgan fingerprint density at radius 1 is 1.48 bits per heavy atom. The van der Waals surface area contributed by atoms with Gasteiger partial charge in [-0.3, -0.25) is 0 Å². The molecular weight excluding hydrogens is 449 g/mol. The van der Waals surface area contributed by atoms with Crippen molar-refractivity contribution < 1.29 is 9.84 Å². The fraction of sp³-hybridized carbons (Fsp3) is 0.722. The van der Waals surface area contributed by atoms with E-state index in [1.807, 2.05) is 23.8 Å². The number of hydrogen-bond acceptors (Lipinski definition) is 4. The van der Waals surface area contributed by atoms with Crippen LogP contribution in [0.4, 0.5) is 0 Å². The number of methoxy groups -OCH3 is 1. The first-order chi connectivity index (χ1) is 11.2. The number of aliphatic imine (C=N–C) groups is 1. The third-order valence-electron chi connectivity index (χ3n) is 5.62. The Labute approximate surface area is 172 Å². The fourth-order valence-corrected chi connectivity index (χ4v) is 3.89. The molecule has 5 nitrogen and oxygen atoms in total. The molecule has 0 spiro atoms. The summed E-state index contributed by atoms with van der Waals surface area (Å²) in [5.74, 6) is 0.740. The van der Waals surface area contributed by atoms with Gasteiger partial charge in [-0.05, 0) is 49.6 Å². The van der Waals surface area contributed by atoms with Gasteiger partial charge < -0.3 is 20.5 Å². The lowest BCUT2D eigenvalue weighted by atomic mass is 9.56. The number of guanidine groups is 1. The van der Waals surface area contributed by atoms with Crippen molar-refractivity contribution in [2.45, 2.75) is 58.3 Å². The average Bonchev–Trinajstić information content (AvgIpc) is 3.07. The molecule has 0 saturated heterocycles. The number of aliphatic hydroxyl groups is 1. The summed E-state index contributed by atoms with van der Waals surface area (Å²) in [6, 6.07) is 2.23. The van der Waals surface area contributed by atoms with Crippen LogP contribution < -0.4 is 10.6 Å². The number of halogens is 1. The van der Waals surface area contributed by atoms with Crippen molar-refractivity contribution in [1.29, 1.82) is 0 Å². The Hall–Kier alpha value is -0.380. The zero-order valence-corrected chi connectivity index (χ0v) is 19.2. The van der Waals surface area contributed by atoms with Crippen molar-refractivity contribution in [3.8, 4) is 0 Å². The van der Waals surface area contributed by atoms with Crippen LogP contribution in [0.25, 0.3) is 0 Å². The second kappa shape index (κ2) is 8.54. The van der Waals surface area contributed by atoms with E-state index in [4.69, 9.17) is 4.74 Å². The van der Waals surface area contributed by atoms with Gasteiger partial charge in [0.05, 0.1) is 12.1 Å². The van der Waals surface area contributed by atoms with Gasteiger partial charge in [-0.15, -0.1) is 24.0 Å². The van der Waals surface area contributed by atoms with Gasteiger partial charge >= 0.3 is 0 Å². The fourth-order valence-electron chi connectivity index (χ4n) is 3.10. The summed E-state index contributed by atoms with van der Waals surface area (Å²) in [6.45, 7) is 11.5. The monoisotopic (exact) mass is 481 g/mol. The van der Waals surface area contributed by atoms with Crippen molar-refractivity contribution in [2.24, 2.45) is 10.4 Å². The van der Waals surface area contributed by atoms with Gasteiger partial charge in [0, 0.05) is 25.1 Å². The Balaban J connectivity index is 0.00000312. The second-order valence-corrected chi connectivity index (χ2v) is 8.32. The van der Waals surface area contributed by atoms with Crippen LogP contribution in [0.2, 0.25) is 0 Å². The molecule has 1 aromatic heterocycles. The highest BCUT2D eigenvalue weighted by Crippen LogP contribution is 2.51. The SMILES string of the molecule is CCNC(=NCC(C)(O)c1ccsc1)NC1CC(C)(OC)C1(C)C.I. The Kier molecular flexibility index (Phi) is 7.74. The van der Waals surface area contributed by atoms with Gasteiger partial charge in [-0.1, -0.05) is 13.8 Å². The van der Waals surface area contributed by atoms with Crippen molar-refractivity contribution in [3.63, 3.8) is 0 Å². The molecule has 0 radical (unpaired) electrons. The highest BCUT2D eigenvalue weighted by atomic mass is 127. The summed E-state index contributed by atoms with van der Waals surface area (Å²) in [5, 5.41) is 21.4. The molecule has 1 aliphatic rings. The molecule has 144 valence electrons. The Morgan fingerprint density at radius 3 is 2.64 bits per heavy atom. The highest BCUT2D eigenvalue weighted by molar-refractivity contribution is 14.0. The van der Waals surface area contributed by atoms with Crippen LogP contribution in [0, 0.1) is 5.41 Å². The minimum absolute atomic E-state index is 0. The van der Waals surface area contributed by atoms with E-state index in [9.17, 15) is 5.11 Å². The molecule has 1 aliphatic carbocycles. The molecule has 1 saturated carbocycles. The number of hydrogen-bond donors (Lipinski definition) is 3. The van der Waals surface area contributed by atoms with E-state index in [1.165, 1.54) is 0 Å². The first-order valence-electron chi connectivity index (χ1n) is 8.51. The number of rotatable bonds is 6. The molecule has 3 atom stereocenters. The number of nitrogens with zero attached hydrogens (tertiary/aromatic N) is 1. The smallest absolute Gasteiger partial charge is 0.191 e. The van der Waals surface area contributed by atoms with E-state index >= 15 is 0 Å². The first kappa shape index (κ1) is 22.7. The summed E-state index contributed by atoms with van der Waals surface area (Å²) in [5.41, 5.74) is -0.167. The van der Waals surface area contributed by atoms with E-state index in [1.54, 1.807) is 25.4 Å². The lowest BCUT2D eigenvalue weighted by Crippen LogP contribution is -2.69. The maximum absolute atomic E-state index is 10.6. The van der Waals surface area contributed by atoms with Crippen LogP contribution in [0.15, 0.2) is 21.8 Å². The molecule has 1 fully saturated rings. The first-order valence-corrected chi connectivity index (χ1v) is 9.45. The second-order valence-electron chi connectivity index (χ2n) is 7.54. The third-order valence-corrected chi connectivity index (χ3v) is 6.30. The molecule has 2 rings (SSSR count). The molecule has 3 unspecified atom stereocenters. The Bertz CT molecular complexity index is 575. The van der Waals surface area contributed by atoms with Gasteiger partial charge in [0.2, 0.25) is 0 Å². The van der Waals surface area contributed by atoms with Crippen LogP contribution in [-0.4, -0.2) is 42.9 Å². The molecule has 0 aliphatic heterocycles. The van der Waals surface area contributed by atoms with Crippen LogP contribution in [0.1, 0.15) is 46.6 Å². The van der Waals surface area contributed by atoms with E-state index in [0.29, 0.717) is 6.54 Å². The van der Waals surface area contributed by atoms with Gasteiger partial charge in [0.1, 0.15) is 5.60 Å².